The van der Waals surface area contributed by atoms with Crippen LogP contribution in [0.5, 0.6) is 5.75 Å². The number of nitrogens with zero attached hydrogens (tertiary/aromatic N) is 1. The highest BCUT2D eigenvalue weighted by Crippen LogP contribution is 2.37. The van der Waals surface area contributed by atoms with Crippen LogP contribution < -0.4 is 15.4 Å². The van der Waals surface area contributed by atoms with Gasteiger partial charge in [0.05, 0.1) is 16.6 Å². The first-order valence-electron chi connectivity index (χ1n) is 7.15. The SMILES string of the molecule is CNC(=O)c1cccc(CNc2ncc(Br)c3c2CCO3)c1F. The summed E-state index contributed by atoms with van der Waals surface area (Å²) in [5.74, 6) is 0.484. The van der Waals surface area contributed by atoms with E-state index in [1.54, 1.807) is 18.3 Å². The van der Waals surface area contributed by atoms with E-state index < -0.39 is 11.7 Å². The van der Waals surface area contributed by atoms with Gasteiger partial charge < -0.3 is 15.4 Å². The van der Waals surface area contributed by atoms with Crippen LogP contribution in [0.15, 0.2) is 28.9 Å². The van der Waals surface area contributed by atoms with Gasteiger partial charge in [0, 0.05) is 37.3 Å². The Hall–Kier alpha value is -2.15. The number of amides is 1. The molecule has 0 saturated carbocycles. The minimum absolute atomic E-state index is 0.0316. The van der Waals surface area contributed by atoms with Crippen LogP contribution in [-0.2, 0) is 13.0 Å². The molecule has 0 fully saturated rings. The Morgan fingerprint density at radius 1 is 1.48 bits per heavy atom. The summed E-state index contributed by atoms with van der Waals surface area (Å²) in [6.07, 6.45) is 2.41. The molecule has 1 aromatic carbocycles. The molecule has 2 N–H and O–H groups in total. The third kappa shape index (κ3) is 3.01. The van der Waals surface area contributed by atoms with Crippen molar-refractivity contribution in [3.05, 3.63) is 51.4 Å². The van der Waals surface area contributed by atoms with Crippen LogP contribution in [0.1, 0.15) is 21.5 Å². The van der Waals surface area contributed by atoms with Gasteiger partial charge in [-0.05, 0) is 22.0 Å². The molecule has 0 aliphatic carbocycles. The zero-order chi connectivity index (χ0) is 16.4. The molecule has 23 heavy (non-hydrogen) atoms. The number of carbonyl (C=O) groups is 1. The average Bonchev–Trinajstić information content (AvgIpc) is 3.05. The predicted octanol–water partition coefficient (Wildman–Crippen LogP) is 2.89. The van der Waals surface area contributed by atoms with Gasteiger partial charge in [-0.2, -0.15) is 0 Å². The summed E-state index contributed by atoms with van der Waals surface area (Å²) in [5, 5.41) is 5.56. The Labute approximate surface area is 141 Å². The van der Waals surface area contributed by atoms with Gasteiger partial charge in [-0.25, -0.2) is 9.37 Å². The average molecular weight is 380 g/mol. The third-order valence-electron chi connectivity index (χ3n) is 3.68. The van der Waals surface area contributed by atoms with Gasteiger partial charge in [0.2, 0.25) is 0 Å². The van der Waals surface area contributed by atoms with Crippen LogP contribution in [0.25, 0.3) is 0 Å². The molecule has 0 unspecified atom stereocenters. The zero-order valence-electron chi connectivity index (χ0n) is 12.5. The number of pyridine rings is 1. The van der Waals surface area contributed by atoms with Crippen LogP contribution in [0.2, 0.25) is 0 Å². The van der Waals surface area contributed by atoms with Crippen molar-refractivity contribution in [1.82, 2.24) is 10.3 Å². The summed E-state index contributed by atoms with van der Waals surface area (Å²) < 4.78 is 20.8. The number of halogens is 2. The van der Waals surface area contributed by atoms with E-state index in [9.17, 15) is 9.18 Å². The number of hydrogen-bond acceptors (Lipinski definition) is 4. The number of carbonyl (C=O) groups excluding carboxylic acids is 1. The molecule has 5 nitrogen and oxygen atoms in total. The smallest absolute Gasteiger partial charge is 0.254 e. The lowest BCUT2D eigenvalue weighted by molar-refractivity contribution is 0.0959. The topological polar surface area (TPSA) is 63.2 Å². The van der Waals surface area contributed by atoms with Crippen molar-refractivity contribution < 1.29 is 13.9 Å². The largest absolute Gasteiger partial charge is 0.492 e. The maximum Gasteiger partial charge on any atom is 0.254 e. The highest BCUT2D eigenvalue weighted by molar-refractivity contribution is 9.10. The molecule has 0 saturated heterocycles. The molecular formula is C16H15BrFN3O2. The molecule has 0 radical (unpaired) electrons. The highest BCUT2D eigenvalue weighted by Gasteiger charge is 2.21. The van der Waals surface area contributed by atoms with Gasteiger partial charge in [0.15, 0.2) is 0 Å². The van der Waals surface area contributed by atoms with Gasteiger partial charge in [0.1, 0.15) is 17.4 Å². The maximum absolute atomic E-state index is 14.4. The number of anilines is 1. The zero-order valence-corrected chi connectivity index (χ0v) is 14.0. The fourth-order valence-corrected chi connectivity index (χ4v) is 2.97. The third-order valence-corrected chi connectivity index (χ3v) is 4.24. The van der Waals surface area contributed by atoms with E-state index in [1.807, 2.05) is 0 Å². The molecule has 1 amide bonds. The van der Waals surface area contributed by atoms with Gasteiger partial charge in [0.25, 0.3) is 5.91 Å². The van der Waals surface area contributed by atoms with E-state index in [0.29, 0.717) is 18.0 Å². The molecule has 1 aromatic heterocycles. The molecule has 2 aromatic rings. The fourth-order valence-electron chi connectivity index (χ4n) is 2.51. The van der Waals surface area contributed by atoms with E-state index >= 15 is 0 Å². The standard InChI is InChI=1S/C16H15BrFN3O2/c1-19-16(22)10-4-2-3-9(13(10)18)7-20-15-11-5-6-23-14(11)12(17)8-21-15/h2-4,8H,5-7H2,1H3,(H,19,22)(H,20,21). The Morgan fingerprint density at radius 3 is 3.09 bits per heavy atom. The summed E-state index contributed by atoms with van der Waals surface area (Å²) >= 11 is 3.40. The van der Waals surface area contributed by atoms with Crippen LogP contribution >= 0.6 is 15.9 Å². The number of ether oxygens (including phenoxy) is 1. The number of fused-ring (bicyclic) bond motifs is 1. The number of rotatable bonds is 4. The summed E-state index contributed by atoms with van der Waals surface area (Å²) in [7, 11) is 1.47. The molecule has 2 heterocycles. The van der Waals surface area contributed by atoms with Gasteiger partial charge in [-0.15, -0.1) is 0 Å². The highest BCUT2D eigenvalue weighted by atomic mass is 79.9. The normalized spacial score (nSPS) is 12.5. The Bertz CT molecular complexity index is 767. The van der Waals surface area contributed by atoms with E-state index in [1.165, 1.54) is 13.1 Å². The second-order valence-corrected chi connectivity index (χ2v) is 5.93. The molecule has 0 spiro atoms. The number of hydrogen-bond donors (Lipinski definition) is 2. The summed E-state index contributed by atoms with van der Waals surface area (Å²) in [6, 6.07) is 4.76. The van der Waals surface area contributed by atoms with E-state index in [4.69, 9.17) is 4.74 Å². The Kier molecular flexibility index (Phi) is 4.47. The number of benzene rings is 1. The summed E-state index contributed by atoms with van der Waals surface area (Å²) in [5.41, 5.74) is 1.41. The number of aromatic nitrogens is 1. The van der Waals surface area contributed by atoms with Crippen molar-refractivity contribution in [2.45, 2.75) is 13.0 Å². The molecule has 0 bridgehead atoms. The van der Waals surface area contributed by atoms with Crippen LogP contribution in [-0.4, -0.2) is 24.5 Å². The van der Waals surface area contributed by atoms with E-state index in [2.05, 4.69) is 31.5 Å². The fraction of sp³-hybridized carbons (Fsp3) is 0.250. The van der Waals surface area contributed by atoms with Crippen LogP contribution in [0.4, 0.5) is 10.2 Å². The Balaban J connectivity index is 1.82. The lowest BCUT2D eigenvalue weighted by Crippen LogP contribution is -2.20. The van der Waals surface area contributed by atoms with Crippen molar-refractivity contribution in [2.24, 2.45) is 0 Å². The van der Waals surface area contributed by atoms with Crippen molar-refractivity contribution in [3.8, 4) is 5.75 Å². The van der Waals surface area contributed by atoms with Gasteiger partial charge in [-0.1, -0.05) is 12.1 Å². The first-order valence-corrected chi connectivity index (χ1v) is 7.94. The molecule has 1 aliphatic rings. The predicted molar refractivity (Wildman–Crippen MR) is 88.3 cm³/mol. The van der Waals surface area contributed by atoms with E-state index in [0.717, 1.165) is 22.2 Å². The van der Waals surface area contributed by atoms with Crippen LogP contribution in [0.3, 0.4) is 0 Å². The first kappa shape index (κ1) is 15.7. The first-order chi connectivity index (χ1) is 11.1. The van der Waals surface area contributed by atoms with E-state index in [-0.39, 0.29) is 12.1 Å². The van der Waals surface area contributed by atoms with Gasteiger partial charge in [-0.3, -0.25) is 4.79 Å². The lowest BCUT2D eigenvalue weighted by atomic mass is 10.1. The molecule has 1 aliphatic heterocycles. The van der Waals surface area contributed by atoms with Crippen molar-refractivity contribution in [2.75, 3.05) is 19.0 Å². The molecule has 7 heteroatoms. The van der Waals surface area contributed by atoms with Crippen molar-refractivity contribution in [1.29, 1.82) is 0 Å². The second kappa shape index (κ2) is 6.54. The Morgan fingerprint density at radius 2 is 2.30 bits per heavy atom. The molecule has 120 valence electrons. The minimum atomic E-state index is -0.524. The molecule has 3 rings (SSSR count). The monoisotopic (exact) mass is 379 g/mol. The maximum atomic E-state index is 14.4. The van der Waals surface area contributed by atoms with Crippen molar-refractivity contribution in [3.63, 3.8) is 0 Å². The molecular weight excluding hydrogens is 365 g/mol. The minimum Gasteiger partial charge on any atom is -0.492 e. The molecule has 0 atom stereocenters. The lowest BCUT2D eigenvalue weighted by Gasteiger charge is -2.12. The summed E-state index contributed by atoms with van der Waals surface area (Å²) in [6.45, 7) is 0.840. The van der Waals surface area contributed by atoms with Crippen molar-refractivity contribution >= 4 is 27.7 Å². The summed E-state index contributed by atoms with van der Waals surface area (Å²) in [4.78, 5) is 16.0. The quantitative estimate of drug-likeness (QED) is 0.857. The van der Waals surface area contributed by atoms with Gasteiger partial charge >= 0.3 is 0 Å². The second-order valence-electron chi connectivity index (χ2n) is 5.07. The van der Waals surface area contributed by atoms with Crippen LogP contribution in [0, 0.1) is 5.82 Å². The number of nitrogens with one attached hydrogen (secondary N) is 2.